The van der Waals surface area contributed by atoms with E-state index in [4.69, 9.17) is 14.2 Å². The molecule has 1 aromatic heterocycles. The van der Waals surface area contributed by atoms with Gasteiger partial charge in [0, 0.05) is 41.9 Å². The van der Waals surface area contributed by atoms with Crippen LogP contribution in [0, 0.1) is 0 Å². The number of H-pyrrole nitrogens is 1. The number of ether oxygens (including phenoxy) is 3. The Balaban J connectivity index is 1.58. The number of aromatic nitrogens is 1. The lowest BCUT2D eigenvalue weighted by molar-refractivity contribution is 0.398. The number of guanidine groups is 1. The molecule has 0 aliphatic heterocycles. The summed E-state index contributed by atoms with van der Waals surface area (Å²) in [6, 6.07) is 11.1. The molecular formula is C24H32N4O4. The van der Waals surface area contributed by atoms with Gasteiger partial charge >= 0.3 is 0 Å². The molecule has 0 saturated heterocycles. The number of hydrogen-bond donors (Lipinski definition) is 4. The number of phenolic OH excluding ortho intramolecular Hbond substituents is 1. The quantitative estimate of drug-likeness (QED) is 0.218. The van der Waals surface area contributed by atoms with Crippen molar-refractivity contribution in [3.63, 3.8) is 0 Å². The van der Waals surface area contributed by atoms with E-state index in [9.17, 15) is 5.11 Å². The molecule has 0 radical (unpaired) electrons. The van der Waals surface area contributed by atoms with Crippen LogP contribution in [0.25, 0.3) is 10.9 Å². The SMILES string of the molecule is CCNC(=NCc1cc(OC)ccc1O)NCCCc1cc2c(OC)cc(OC)cc2[nH]1. The standard InChI is InChI=1S/C24H32N4O4/c1-5-25-24(27-15-16-11-18(30-2)8-9-22(16)29)26-10-6-7-17-12-20-21(28-17)13-19(31-3)14-23(20)32-4/h8-9,11-14,28-29H,5-7,10,15H2,1-4H3,(H2,25,26,27). The Bertz CT molecular complexity index is 1060. The number of aromatic amines is 1. The number of nitrogens with zero attached hydrogens (tertiary/aromatic N) is 1. The van der Waals surface area contributed by atoms with E-state index in [2.05, 4.69) is 26.7 Å². The number of methoxy groups -OCH3 is 3. The zero-order valence-corrected chi connectivity index (χ0v) is 19.1. The summed E-state index contributed by atoms with van der Waals surface area (Å²) < 4.78 is 16.1. The highest BCUT2D eigenvalue weighted by molar-refractivity contribution is 5.88. The van der Waals surface area contributed by atoms with Gasteiger partial charge < -0.3 is 34.9 Å². The molecule has 0 fully saturated rings. The van der Waals surface area contributed by atoms with Crippen LogP contribution in [0.4, 0.5) is 0 Å². The normalized spacial score (nSPS) is 11.4. The Morgan fingerprint density at radius 3 is 2.53 bits per heavy atom. The Morgan fingerprint density at radius 2 is 1.81 bits per heavy atom. The fraction of sp³-hybridized carbons (Fsp3) is 0.375. The zero-order valence-electron chi connectivity index (χ0n) is 19.1. The lowest BCUT2D eigenvalue weighted by atomic mass is 10.2. The van der Waals surface area contributed by atoms with Crippen LogP contribution in [0.5, 0.6) is 23.0 Å². The molecule has 0 unspecified atom stereocenters. The van der Waals surface area contributed by atoms with E-state index < -0.39 is 0 Å². The molecule has 32 heavy (non-hydrogen) atoms. The van der Waals surface area contributed by atoms with Crippen molar-refractivity contribution in [2.24, 2.45) is 4.99 Å². The number of benzene rings is 2. The smallest absolute Gasteiger partial charge is 0.191 e. The molecule has 1 heterocycles. The highest BCUT2D eigenvalue weighted by Crippen LogP contribution is 2.31. The Labute approximate surface area is 188 Å². The van der Waals surface area contributed by atoms with Crippen LogP contribution < -0.4 is 24.8 Å². The van der Waals surface area contributed by atoms with Crippen LogP contribution in [0.1, 0.15) is 24.6 Å². The molecule has 0 aliphatic carbocycles. The van der Waals surface area contributed by atoms with Crippen LogP contribution in [0.15, 0.2) is 41.4 Å². The van der Waals surface area contributed by atoms with E-state index in [-0.39, 0.29) is 5.75 Å². The van der Waals surface area contributed by atoms with Crippen LogP contribution in [0.2, 0.25) is 0 Å². The molecule has 3 aromatic rings. The van der Waals surface area contributed by atoms with Gasteiger partial charge in [0.05, 0.1) is 33.4 Å². The number of rotatable bonds is 10. The van der Waals surface area contributed by atoms with Gasteiger partial charge in [0.1, 0.15) is 23.0 Å². The predicted octanol–water partition coefficient (Wildman–Crippen LogP) is 3.59. The first kappa shape index (κ1) is 23.1. The van der Waals surface area contributed by atoms with E-state index >= 15 is 0 Å². The van der Waals surface area contributed by atoms with Gasteiger partial charge in [-0.1, -0.05) is 0 Å². The van der Waals surface area contributed by atoms with Gasteiger partial charge in [-0.05, 0) is 44.0 Å². The maximum absolute atomic E-state index is 10.1. The third-order valence-corrected chi connectivity index (χ3v) is 5.14. The number of nitrogens with one attached hydrogen (secondary N) is 3. The van der Waals surface area contributed by atoms with Crippen molar-refractivity contribution in [1.82, 2.24) is 15.6 Å². The second-order valence-corrected chi connectivity index (χ2v) is 7.31. The summed E-state index contributed by atoms with van der Waals surface area (Å²) in [5.41, 5.74) is 2.85. The van der Waals surface area contributed by atoms with Crippen molar-refractivity contribution < 1.29 is 19.3 Å². The Hall–Kier alpha value is -3.55. The van der Waals surface area contributed by atoms with Crippen molar-refractivity contribution >= 4 is 16.9 Å². The van der Waals surface area contributed by atoms with E-state index in [1.165, 1.54) is 0 Å². The lowest BCUT2D eigenvalue weighted by Gasteiger charge is -2.12. The molecular weight excluding hydrogens is 408 g/mol. The molecule has 8 nitrogen and oxygen atoms in total. The number of aryl methyl sites for hydroxylation is 1. The second-order valence-electron chi connectivity index (χ2n) is 7.31. The summed E-state index contributed by atoms with van der Waals surface area (Å²) >= 11 is 0. The number of aliphatic imine (C=N–C) groups is 1. The first-order valence-corrected chi connectivity index (χ1v) is 10.7. The third-order valence-electron chi connectivity index (χ3n) is 5.14. The number of fused-ring (bicyclic) bond motifs is 1. The predicted molar refractivity (Wildman–Crippen MR) is 127 cm³/mol. The van der Waals surface area contributed by atoms with Crippen molar-refractivity contribution in [1.29, 1.82) is 0 Å². The largest absolute Gasteiger partial charge is 0.508 e. The van der Waals surface area contributed by atoms with Crippen LogP contribution in [0.3, 0.4) is 0 Å². The molecule has 0 bridgehead atoms. The van der Waals surface area contributed by atoms with Gasteiger partial charge in [0.2, 0.25) is 0 Å². The fourth-order valence-electron chi connectivity index (χ4n) is 3.47. The zero-order chi connectivity index (χ0) is 22.9. The minimum Gasteiger partial charge on any atom is -0.508 e. The average molecular weight is 441 g/mol. The molecule has 0 atom stereocenters. The second kappa shape index (κ2) is 11.2. The first-order valence-electron chi connectivity index (χ1n) is 10.7. The lowest BCUT2D eigenvalue weighted by Crippen LogP contribution is -2.37. The van der Waals surface area contributed by atoms with Gasteiger partial charge in [0.25, 0.3) is 0 Å². The highest BCUT2D eigenvalue weighted by Gasteiger charge is 2.09. The summed E-state index contributed by atoms with van der Waals surface area (Å²) in [7, 11) is 4.91. The summed E-state index contributed by atoms with van der Waals surface area (Å²) in [5, 5.41) is 17.7. The molecule has 172 valence electrons. The van der Waals surface area contributed by atoms with Gasteiger partial charge in [-0.2, -0.15) is 0 Å². The van der Waals surface area contributed by atoms with Gasteiger partial charge in [-0.25, -0.2) is 4.99 Å². The number of phenols is 1. The monoisotopic (exact) mass is 440 g/mol. The minimum atomic E-state index is 0.205. The molecule has 0 amide bonds. The van der Waals surface area contributed by atoms with Crippen molar-refractivity contribution in [3.8, 4) is 23.0 Å². The van der Waals surface area contributed by atoms with Crippen LogP contribution >= 0.6 is 0 Å². The Morgan fingerprint density at radius 1 is 1.00 bits per heavy atom. The summed E-state index contributed by atoms with van der Waals surface area (Å²) in [6.07, 6.45) is 1.80. The topological polar surface area (TPSA) is 100 Å². The van der Waals surface area contributed by atoms with Gasteiger partial charge in [0.15, 0.2) is 5.96 Å². The number of aromatic hydroxyl groups is 1. The van der Waals surface area contributed by atoms with Gasteiger partial charge in [-0.3, -0.25) is 0 Å². The maximum atomic E-state index is 10.1. The van der Waals surface area contributed by atoms with E-state index in [1.807, 2.05) is 19.1 Å². The van der Waals surface area contributed by atoms with E-state index in [0.717, 1.165) is 54.0 Å². The molecule has 0 spiro atoms. The summed E-state index contributed by atoms with van der Waals surface area (Å²) in [6.45, 7) is 3.87. The third kappa shape index (κ3) is 5.78. The summed E-state index contributed by atoms with van der Waals surface area (Å²) in [4.78, 5) is 8.03. The van der Waals surface area contributed by atoms with Crippen LogP contribution in [-0.2, 0) is 13.0 Å². The summed E-state index contributed by atoms with van der Waals surface area (Å²) in [5.74, 6) is 3.16. The van der Waals surface area contributed by atoms with Gasteiger partial charge in [-0.15, -0.1) is 0 Å². The molecule has 0 saturated carbocycles. The van der Waals surface area contributed by atoms with Crippen molar-refractivity contribution in [2.75, 3.05) is 34.4 Å². The van der Waals surface area contributed by atoms with E-state index in [0.29, 0.717) is 23.8 Å². The molecule has 3 rings (SSSR count). The molecule has 8 heteroatoms. The van der Waals surface area contributed by atoms with Crippen LogP contribution in [-0.4, -0.2) is 50.5 Å². The van der Waals surface area contributed by atoms with E-state index in [1.54, 1.807) is 39.5 Å². The average Bonchev–Trinajstić information content (AvgIpc) is 3.23. The molecule has 4 N–H and O–H groups in total. The maximum Gasteiger partial charge on any atom is 0.191 e. The highest BCUT2D eigenvalue weighted by atomic mass is 16.5. The number of hydrogen-bond acceptors (Lipinski definition) is 5. The Kier molecular flexibility index (Phi) is 8.08. The minimum absolute atomic E-state index is 0.205. The first-order chi connectivity index (χ1) is 15.6. The fourth-order valence-corrected chi connectivity index (χ4v) is 3.47. The van der Waals surface area contributed by atoms with Crippen molar-refractivity contribution in [3.05, 3.63) is 47.7 Å². The molecule has 2 aromatic carbocycles. The molecule has 0 aliphatic rings. The van der Waals surface area contributed by atoms with Crippen molar-refractivity contribution in [2.45, 2.75) is 26.3 Å².